The molecule has 96 valence electrons. The van der Waals surface area contributed by atoms with Crippen LogP contribution in [0.5, 0.6) is 0 Å². The average Bonchev–Trinajstić information content (AvgIpc) is 2.66. The first-order chi connectivity index (χ1) is 7.54. The molecule has 2 heteroatoms. The van der Waals surface area contributed by atoms with Gasteiger partial charge in [-0.1, -0.05) is 20.8 Å². The van der Waals surface area contributed by atoms with Crippen molar-refractivity contribution in [3.05, 3.63) is 0 Å². The second-order valence-electron chi connectivity index (χ2n) is 5.83. The Hall–Kier alpha value is -0.0800. The number of hydrogen-bond donors (Lipinski definition) is 1. The van der Waals surface area contributed by atoms with E-state index in [9.17, 15) is 0 Å². The van der Waals surface area contributed by atoms with Crippen LogP contribution in [-0.4, -0.2) is 36.6 Å². The summed E-state index contributed by atoms with van der Waals surface area (Å²) in [5.74, 6) is 1.78. The summed E-state index contributed by atoms with van der Waals surface area (Å²) in [6.45, 7) is 15.3. The summed E-state index contributed by atoms with van der Waals surface area (Å²) in [5, 5.41) is 3.51. The maximum absolute atomic E-state index is 3.51. The van der Waals surface area contributed by atoms with Gasteiger partial charge in [-0.3, -0.25) is 0 Å². The van der Waals surface area contributed by atoms with E-state index in [1.54, 1.807) is 0 Å². The second kappa shape index (κ2) is 6.61. The molecule has 1 fully saturated rings. The lowest BCUT2D eigenvalue weighted by Gasteiger charge is -2.27. The van der Waals surface area contributed by atoms with E-state index in [2.05, 4.69) is 44.8 Å². The lowest BCUT2D eigenvalue weighted by Crippen LogP contribution is -2.37. The Morgan fingerprint density at radius 1 is 1.25 bits per heavy atom. The molecule has 0 aromatic carbocycles. The van der Waals surface area contributed by atoms with Crippen molar-refractivity contribution in [1.82, 2.24) is 10.2 Å². The van der Waals surface area contributed by atoms with Gasteiger partial charge in [0.2, 0.25) is 0 Å². The van der Waals surface area contributed by atoms with Crippen LogP contribution in [-0.2, 0) is 0 Å². The SMILES string of the molecule is CCNC(C)CC(C)N1CCC(C(C)C)C1. The monoisotopic (exact) mass is 226 g/mol. The third-order valence-corrected chi connectivity index (χ3v) is 4.07. The Morgan fingerprint density at radius 3 is 2.44 bits per heavy atom. The second-order valence-corrected chi connectivity index (χ2v) is 5.83. The zero-order chi connectivity index (χ0) is 12.1. The molecule has 1 heterocycles. The van der Waals surface area contributed by atoms with Crippen molar-refractivity contribution in [2.45, 2.75) is 59.5 Å². The Kier molecular flexibility index (Phi) is 5.77. The quantitative estimate of drug-likeness (QED) is 0.749. The van der Waals surface area contributed by atoms with Gasteiger partial charge in [-0.05, 0) is 51.6 Å². The van der Waals surface area contributed by atoms with Crippen LogP contribution < -0.4 is 5.32 Å². The zero-order valence-corrected chi connectivity index (χ0v) is 11.8. The largest absolute Gasteiger partial charge is 0.314 e. The minimum atomic E-state index is 0.651. The Labute approximate surface area is 102 Å². The van der Waals surface area contributed by atoms with Crippen LogP contribution >= 0.6 is 0 Å². The molecule has 1 aliphatic rings. The molecule has 0 amide bonds. The fraction of sp³-hybridized carbons (Fsp3) is 1.00. The molecular weight excluding hydrogens is 196 g/mol. The summed E-state index contributed by atoms with van der Waals surface area (Å²) < 4.78 is 0. The van der Waals surface area contributed by atoms with Crippen LogP contribution in [0.4, 0.5) is 0 Å². The smallest absolute Gasteiger partial charge is 0.00817 e. The lowest BCUT2D eigenvalue weighted by atomic mass is 9.95. The topological polar surface area (TPSA) is 15.3 Å². The average molecular weight is 226 g/mol. The molecule has 1 aliphatic heterocycles. The molecule has 0 bridgehead atoms. The van der Waals surface area contributed by atoms with Crippen LogP contribution in [0.15, 0.2) is 0 Å². The minimum absolute atomic E-state index is 0.651. The van der Waals surface area contributed by atoms with Gasteiger partial charge in [0, 0.05) is 18.6 Å². The fourth-order valence-corrected chi connectivity index (χ4v) is 2.85. The van der Waals surface area contributed by atoms with E-state index in [4.69, 9.17) is 0 Å². The molecule has 0 aliphatic carbocycles. The maximum Gasteiger partial charge on any atom is 0.00817 e. The standard InChI is InChI=1S/C14H30N2/c1-6-15-12(4)9-13(5)16-8-7-14(10-16)11(2)3/h11-15H,6-10H2,1-5H3. The van der Waals surface area contributed by atoms with Crippen molar-refractivity contribution in [2.24, 2.45) is 11.8 Å². The van der Waals surface area contributed by atoms with E-state index < -0.39 is 0 Å². The summed E-state index contributed by atoms with van der Waals surface area (Å²) in [6.07, 6.45) is 2.68. The molecule has 16 heavy (non-hydrogen) atoms. The molecular formula is C14H30N2. The molecule has 2 nitrogen and oxygen atoms in total. The molecule has 0 radical (unpaired) electrons. The van der Waals surface area contributed by atoms with Crippen LogP contribution in [0.1, 0.15) is 47.5 Å². The Morgan fingerprint density at radius 2 is 1.94 bits per heavy atom. The highest BCUT2D eigenvalue weighted by Gasteiger charge is 2.28. The number of likely N-dealkylation sites (tertiary alicyclic amines) is 1. The molecule has 1 rings (SSSR count). The van der Waals surface area contributed by atoms with Gasteiger partial charge in [0.1, 0.15) is 0 Å². The number of hydrogen-bond acceptors (Lipinski definition) is 2. The highest BCUT2D eigenvalue weighted by molar-refractivity contribution is 4.82. The molecule has 3 atom stereocenters. The van der Waals surface area contributed by atoms with Crippen molar-refractivity contribution >= 4 is 0 Å². The molecule has 1 N–H and O–H groups in total. The van der Waals surface area contributed by atoms with Gasteiger partial charge in [0.15, 0.2) is 0 Å². The van der Waals surface area contributed by atoms with E-state index in [0.29, 0.717) is 6.04 Å². The molecule has 0 aromatic heterocycles. The first-order valence-corrected chi connectivity index (χ1v) is 7.02. The zero-order valence-electron chi connectivity index (χ0n) is 11.8. The molecule has 0 aromatic rings. The van der Waals surface area contributed by atoms with E-state index in [1.165, 1.54) is 25.9 Å². The highest BCUT2D eigenvalue weighted by atomic mass is 15.2. The summed E-state index contributed by atoms with van der Waals surface area (Å²) >= 11 is 0. The van der Waals surface area contributed by atoms with Crippen LogP contribution in [0.2, 0.25) is 0 Å². The van der Waals surface area contributed by atoms with Gasteiger partial charge < -0.3 is 10.2 Å². The van der Waals surface area contributed by atoms with Gasteiger partial charge >= 0.3 is 0 Å². The number of nitrogens with one attached hydrogen (secondary N) is 1. The molecule has 3 unspecified atom stereocenters. The van der Waals surface area contributed by atoms with Crippen molar-refractivity contribution in [3.63, 3.8) is 0 Å². The Bertz CT molecular complexity index is 191. The van der Waals surface area contributed by atoms with Gasteiger partial charge in [-0.25, -0.2) is 0 Å². The Balaban J connectivity index is 2.30. The van der Waals surface area contributed by atoms with Gasteiger partial charge in [0.05, 0.1) is 0 Å². The van der Waals surface area contributed by atoms with Gasteiger partial charge in [-0.15, -0.1) is 0 Å². The molecule has 0 saturated carbocycles. The normalized spacial score (nSPS) is 26.2. The third kappa shape index (κ3) is 4.06. The maximum atomic E-state index is 3.51. The van der Waals surface area contributed by atoms with E-state index >= 15 is 0 Å². The van der Waals surface area contributed by atoms with Gasteiger partial charge in [-0.2, -0.15) is 0 Å². The summed E-state index contributed by atoms with van der Waals surface area (Å²) in [7, 11) is 0. The third-order valence-electron chi connectivity index (χ3n) is 4.07. The van der Waals surface area contributed by atoms with Crippen molar-refractivity contribution in [2.75, 3.05) is 19.6 Å². The van der Waals surface area contributed by atoms with Crippen LogP contribution in [0.25, 0.3) is 0 Å². The van der Waals surface area contributed by atoms with Crippen molar-refractivity contribution in [3.8, 4) is 0 Å². The summed E-state index contributed by atoms with van der Waals surface area (Å²) in [6, 6.07) is 1.39. The summed E-state index contributed by atoms with van der Waals surface area (Å²) in [5.41, 5.74) is 0. The first kappa shape index (κ1) is 14.0. The van der Waals surface area contributed by atoms with E-state index in [-0.39, 0.29) is 0 Å². The van der Waals surface area contributed by atoms with Crippen molar-refractivity contribution < 1.29 is 0 Å². The highest BCUT2D eigenvalue weighted by Crippen LogP contribution is 2.26. The predicted octanol–water partition coefficient (Wildman–Crippen LogP) is 2.74. The number of rotatable bonds is 6. The predicted molar refractivity (Wildman–Crippen MR) is 71.7 cm³/mol. The number of nitrogens with zero attached hydrogens (tertiary/aromatic N) is 1. The van der Waals surface area contributed by atoms with Crippen molar-refractivity contribution in [1.29, 1.82) is 0 Å². The lowest BCUT2D eigenvalue weighted by molar-refractivity contribution is 0.216. The first-order valence-electron chi connectivity index (χ1n) is 7.02. The van der Waals surface area contributed by atoms with Gasteiger partial charge in [0.25, 0.3) is 0 Å². The van der Waals surface area contributed by atoms with Crippen LogP contribution in [0.3, 0.4) is 0 Å². The molecule has 1 saturated heterocycles. The summed E-state index contributed by atoms with van der Waals surface area (Å²) in [4.78, 5) is 2.68. The van der Waals surface area contributed by atoms with Crippen LogP contribution in [0, 0.1) is 11.8 Å². The fourth-order valence-electron chi connectivity index (χ4n) is 2.85. The van der Waals surface area contributed by atoms with E-state index in [1.807, 2.05) is 0 Å². The minimum Gasteiger partial charge on any atom is -0.314 e. The molecule has 0 spiro atoms. The van der Waals surface area contributed by atoms with E-state index in [0.717, 1.165) is 24.4 Å².